The number of phenols is 2. The molecular formula is C16H16O3. The highest BCUT2D eigenvalue weighted by Gasteiger charge is 2.31. The van der Waals surface area contributed by atoms with Crippen molar-refractivity contribution in [2.45, 2.75) is 27.7 Å². The molecule has 0 saturated carbocycles. The van der Waals surface area contributed by atoms with Crippen molar-refractivity contribution in [1.82, 2.24) is 0 Å². The lowest BCUT2D eigenvalue weighted by molar-refractivity contribution is 0.465. The number of fused-ring (bicyclic) bond motifs is 1. The molecule has 0 bridgehead atoms. The average Bonchev–Trinajstić information content (AvgIpc) is 3.16. The number of hydrogen-bond donors (Lipinski definition) is 2. The van der Waals surface area contributed by atoms with Gasteiger partial charge >= 0.3 is 0 Å². The van der Waals surface area contributed by atoms with Crippen molar-refractivity contribution < 1.29 is 14.9 Å². The van der Waals surface area contributed by atoms with Gasteiger partial charge in [0.1, 0.15) is 11.5 Å². The molecule has 0 fully saturated rings. The monoisotopic (exact) mass is 256 g/mol. The lowest BCUT2D eigenvalue weighted by Crippen LogP contribution is -1.96. The predicted molar refractivity (Wildman–Crippen MR) is 74.2 cm³/mol. The van der Waals surface area contributed by atoms with Gasteiger partial charge < -0.3 is 14.9 Å². The van der Waals surface area contributed by atoms with Crippen molar-refractivity contribution in [1.29, 1.82) is 0 Å². The summed E-state index contributed by atoms with van der Waals surface area (Å²) < 4.78 is 5.35. The van der Waals surface area contributed by atoms with Crippen LogP contribution in [-0.2, 0) is 0 Å². The number of aromatic hydroxyl groups is 2. The smallest absolute Gasteiger partial charge is 0.181 e. The lowest BCUT2D eigenvalue weighted by atomic mass is 9.89. The molecular weight excluding hydrogens is 240 g/mol. The van der Waals surface area contributed by atoms with Gasteiger partial charge in [-0.1, -0.05) is 0 Å². The zero-order chi connectivity index (χ0) is 13.9. The molecule has 1 heterocycles. The van der Waals surface area contributed by atoms with Crippen molar-refractivity contribution >= 4 is 0 Å². The molecule has 3 rings (SSSR count). The van der Waals surface area contributed by atoms with Gasteiger partial charge in [0.05, 0.1) is 5.56 Å². The fourth-order valence-corrected chi connectivity index (χ4v) is 2.56. The molecule has 19 heavy (non-hydrogen) atoms. The second kappa shape index (κ2) is 3.67. The van der Waals surface area contributed by atoms with E-state index in [0.29, 0.717) is 16.9 Å². The summed E-state index contributed by atoms with van der Waals surface area (Å²) in [5.41, 5.74) is 5.29. The van der Waals surface area contributed by atoms with Crippen molar-refractivity contribution in [3.05, 3.63) is 34.4 Å². The number of rotatable bonds is 1. The molecule has 2 aromatic rings. The molecule has 0 unspecified atom stereocenters. The van der Waals surface area contributed by atoms with Gasteiger partial charge in [-0.05, 0) is 62.1 Å². The van der Waals surface area contributed by atoms with E-state index in [0.717, 1.165) is 28.0 Å². The van der Waals surface area contributed by atoms with E-state index in [4.69, 9.17) is 4.74 Å². The minimum atomic E-state index is 0.136. The first-order valence-electron chi connectivity index (χ1n) is 6.27. The van der Waals surface area contributed by atoms with Gasteiger partial charge in [0.2, 0.25) is 0 Å². The standard InChI is InChI=1S/C16H16O3/c1-7-8(2)10(4)15(18)13(9(7)3)14-11(17)5-6-12-16(14)19-12/h5-6,17-18H,1-4H3. The average molecular weight is 256 g/mol. The van der Waals surface area contributed by atoms with Crippen LogP contribution in [0.25, 0.3) is 11.1 Å². The molecule has 0 aromatic heterocycles. The highest BCUT2D eigenvalue weighted by molar-refractivity contribution is 5.90. The van der Waals surface area contributed by atoms with Gasteiger partial charge in [-0.25, -0.2) is 0 Å². The molecule has 1 aliphatic rings. The Morgan fingerprint density at radius 1 is 0.789 bits per heavy atom. The van der Waals surface area contributed by atoms with Crippen molar-refractivity contribution in [3.8, 4) is 34.1 Å². The molecule has 3 heteroatoms. The fraction of sp³-hybridized carbons (Fsp3) is 0.250. The van der Waals surface area contributed by atoms with Gasteiger partial charge in [-0.2, -0.15) is 0 Å². The van der Waals surface area contributed by atoms with E-state index in [9.17, 15) is 10.2 Å². The van der Waals surface area contributed by atoms with Crippen molar-refractivity contribution in [2.75, 3.05) is 0 Å². The van der Waals surface area contributed by atoms with E-state index in [-0.39, 0.29) is 11.5 Å². The maximum atomic E-state index is 10.4. The lowest BCUT2D eigenvalue weighted by Gasteiger charge is -2.17. The summed E-state index contributed by atoms with van der Waals surface area (Å²) >= 11 is 0. The Kier molecular flexibility index (Phi) is 2.30. The third-order valence-electron chi connectivity index (χ3n) is 4.17. The van der Waals surface area contributed by atoms with Crippen molar-refractivity contribution in [2.24, 2.45) is 0 Å². The van der Waals surface area contributed by atoms with E-state index >= 15 is 0 Å². The summed E-state index contributed by atoms with van der Waals surface area (Å²) in [4.78, 5) is 0. The Morgan fingerprint density at radius 3 is 2.11 bits per heavy atom. The first-order valence-corrected chi connectivity index (χ1v) is 6.27. The van der Waals surface area contributed by atoms with Crippen LogP contribution < -0.4 is 4.74 Å². The number of ether oxygens (including phenoxy) is 1. The highest BCUT2D eigenvalue weighted by Crippen LogP contribution is 2.58. The van der Waals surface area contributed by atoms with Crippen LogP contribution in [0.5, 0.6) is 23.0 Å². The molecule has 3 nitrogen and oxygen atoms in total. The van der Waals surface area contributed by atoms with Crippen molar-refractivity contribution in [3.63, 3.8) is 0 Å². The molecule has 1 aliphatic heterocycles. The third kappa shape index (κ3) is 1.51. The molecule has 2 N–H and O–H groups in total. The third-order valence-corrected chi connectivity index (χ3v) is 4.17. The largest absolute Gasteiger partial charge is 0.507 e. The van der Waals surface area contributed by atoms with Gasteiger partial charge in [0, 0.05) is 5.56 Å². The van der Waals surface area contributed by atoms with E-state index in [1.807, 2.05) is 27.7 Å². The second-order valence-corrected chi connectivity index (χ2v) is 5.11. The van der Waals surface area contributed by atoms with Gasteiger partial charge in [-0.15, -0.1) is 0 Å². The molecule has 98 valence electrons. The minimum absolute atomic E-state index is 0.136. The van der Waals surface area contributed by atoms with Crippen LogP contribution in [0.4, 0.5) is 0 Å². The van der Waals surface area contributed by atoms with Crippen LogP contribution in [0.1, 0.15) is 22.3 Å². The topological polar surface area (TPSA) is 53.0 Å². The summed E-state index contributed by atoms with van der Waals surface area (Å²) in [5, 5.41) is 20.5. The summed E-state index contributed by atoms with van der Waals surface area (Å²) in [6.07, 6.45) is 0. The van der Waals surface area contributed by atoms with Crippen LogP contribution >= 0.6 is 0 Å². The Hall–Kier alpha value is -2.16. The molecule has 0 radical (unpaired) electrons. The zero-order valence-corrected chi connectivity index (χ0v) is 11.5. The number of phenolic OH excluding ortho intramolecular Hbond substituents is 2. The first kappa shape index (κ1) is 11.9. The quantitative estimate of drug-likeness (QED) is 0.644. The van der Waals surface area contributed by atoms with Crippen LogP contribution in [0, 0.1) is 27.7 Å². The van der Waals surface area contributed by atoms with E-state index in [1.54, 1.807) is 12.1 Å². The molecule has 0 aliphatic carbocycles. The summed E-state index contributed by atoms with van der Waals surface area (Å²) in [6.45, 7) is 7.87. The molecule has 0 amide bonds. The van der Waals surface area contributed by atoms with E-state index < -0.39 is 0 Å². The van der Waals surface area contributed by atoms with Crippen LogP contribution in [0.2, 0.25) is 0 Å². The van der Waals surface area contributed by atoms with Gasteiger partial charge in [0.15, 0.2) is 11.5 Å². The normalized spacial score (nSPS) is 12.0. The summed E-state index contributed by atoms with van der Waals surface area (Å²) in [7, 11) is 0. The maximum Gasteiger partial charge on any atom is 0.181 e. The summed E-state index contributed by atoms with van der Waals surface area (Å²) in [5.74, 6) is 1.79. The van der Waals surface area contributed by atoms with E-state index in [1.165, 1.54) is 0 Å². The predicted octanol–water partition coefficient (Wildman–Crippen LogP) is 4.10. The van der Waals surface area contributed by atoms with Crippen LogP contribution in [0.15, 0.2) is 12.1 Å². The first-order chi connectivity index (χ1) is 8.93. The molecule has 0 saturated heterocycles. The summed E-state index contributed by atoms with van der Waals surface area (Å²) in [6, 6.07) is 3.33. The Balaban J connectivity index is 2.39. The molecule has 2 aromatic carbocycles. The van der Waals surface area contributed by atoms with Crippen LogP contribution in [0.3, 0.4) is 0 Å². The SMILES string of the molecule is Cc1c(C)c(C)c(-c2c(O)ccc3c2O3)c(O)c1C. The molecule has 0 atom stereocenters. The maximum absolute atomic E-state index is 10.4. The van der Waals surface area contributed by atoms with Gasteiger partial charge in [-0.3, -0.25) is 0 Å². The molecule has 0 spiro atoms. The Labute approximate surface area is 112 Å². The van der Waals surface area contributed by atoms with E-state index in [2.05, 4.69) is 0 Å². The van der Waals surface area contributed by atoms with Gasteiger partial charge in [0.25, 0.3) is 0 Å². The fourth-order valence-electron chi connectivity index (χ4n) is 2.56. The zero-order valence-electron chi connectivity index (χ0n) is 11.5. The number of benzene rings is 2. The minimum Gasteiger partial charge on any atom is -0.507 e. The second-order valence-electron chi connectivity index (χ2n) is 5.11. The highest BCUT2D eigenvalue weighted by atomic mass is 16.6. The van der Waals surface area contributed by atoms with Crippen LogP contribution in [-0.4, -0.2) is 10.2 Å². The Bertz CT molecular complexity index is 682. The number of hydrogen-bond acceptors (Lipinski definition) is 3. The Morgan fingerprint density at radius 2 is 1.42 bits per heavy atom.